The number of halogens is 1. The van der Waals surface area contributed by atoms with Crippen LogP contribution in [0, 0.1) is 5.82 Å². The third kappa shape index (κ3) is 4.27. The Morgan fingerprint density at radius 3 is 2.31 bits per heavy atom. The normalized spacial score (nSPS) is 15.7. The number of piperazine rings is 1. The smallest absolute Gasteiger partial charge is 0.321 e. The van der Waals surface area contributed by atoms with E-state index in [4.69, 9.17) is 0 Å². The van der Waals surface area contributed by atoms with Gasteiger partial charge >= 0.3 is 6.03 Å². The molecule has 0 radical (unpaired) electrons. The molecule has 0 atom stereocenters. The molecule has 1 N–H and O–H groups in total. The molecular weight excluding hydrogens is 351 g/mol. The maximum absolute atomic E-state index is 13.8. The van der Waals surface area contributed by atoms with Crippen LogP contribution in [0.4, 0.5) is 20.7 Å². The zero-order valence-electron chi connectivity index (χ0n) is 15.4. The average molecular weight is 377 g/mol. The van der Waals surface area contributed by atoms with Gasteiger partial charge < -0.3 is 15.1 Å². The zero-order valence-corrected chi connectivity index (χ0v) is 16.2. The standard InChI is InChI=1S/C19H25FN4OS/c1-26(2,3)16-8-6-15(7-9-16)22-19(25)24-13-11-23(12-14-24)18-17(20)5-4-10-21-18/h4-10H,11-14H2,1-3H3,(H,22,25). The number of amides is 2. The Bertz CT molecular complexity index is 768. The van der Waals surface area contributed by atoms with Crippen molar-refractivity contribution in [3.63, 3.8) is 0 Å². The fourth-order valence-electron chi connectivity index (χ4n) is 2.88. The molecule has 1 fully saturated rings. The van der Waals surface area contributed by atoms with Crippen molar-refractivity contribution in [1.82, 2.24) is 9.88 Å². The molecule has 1 aliphatic rings. The summed E-state index contributed by atoms with van der Waals surface area (Å²) >= 11 is 0. The van der Waals surface area contributed by atoms with Crippen LogP contribution in [0.3, 0.4) is 0 Å². The van der Waals surface area contributed by atoms with E-state index >= 15 is 0 Å². The Morgan fingerprint density at radius 1 is 1.08 bits per heavy atom. The summed E-state index contributed by atoms with van der Waals surface area (Å²) in [5, 5.41) is 2.94. The van der Waals surface area contributed by atoms with Crippen LogP contribution in [-0.2, 0) is 0 Å². The van der Waals surface area contributed by atoms with Crippen molar-refractivity contribution in [2.24, 2.45) is 0 Å². The first-order chi connectivity index (χ1) is 12.3. The number of nitrogens with one attached hydrogen (secondary N) is 1. The molecule has 0 bridgehead atoms. The number of aromatic nitrogens is 1. The molecule has 0 unspecified atom stereocenters. The number of benzene rings is 1. The molecule has 1 aliphatic heterocycles. The molecule has 2 aromatic rings. The van der Waals surface area contributed by atoms with Crippen molar-refractivity contribution in [3.8, 4) is 0 Å². The quantitative estimate of drug-likeness (QED) is 0.890. The molecule has 1 saturated heterocycles. The minimum absolute atomic E-state index is 0.123. The number of urea groups is 1. The van der Waals surface area contributed by atoms with Crippen LogP contribution in [0.25, 0.3) is 0 Å². The van der Waals surface area contributed by atoms with Crippen LogP contribution in [0.1, 0.15) is 0 Å². The number of rotatable bonds is 3. The zero-order chi connectivity index (χ0) is 18.7. The maximum Gasteiger partial charge on any atom is 0.321 e. The van der Waals surface area contributed by atoms with E-state index in [2.05, 4.69) is 41.2 Å². The van der Waals surface area contributed by atoms with Crippen LogP contribution >= 0.6 is 10.0 Å². The molecule has 1 aromatic heterocycles. The highest BCUT2D eigenvalue weighted by Gasteiger charge is 2.23. The summed E-state index contributed by atoms with van der Waals surface area (Å²) in [6.45, 7) is 2.19. The Kier molecular flexibility index (Phi) is 5.36. The SMILES string of the molecule is CS(C)(C)c1ccc(NC(=O)N2CCN(c3ncccc3F)CC2)cc1. The van der Waals surface area contributed by atoms with E-state index in [1.807, 2.05) is 17.0 Å². The highest BCUT2D eigenvalue weighted by molar-refractivity contribution is 8.32. The van der Waals surface area contributed by atoms with Gasteiger partial charge in [0.2, 0.25) is 0 Å². The lowest BCUT2D eigenvalue weighted by molar-refractivity contribution is 0.208. The van der Waals surface area contributed by atoms with Gasteiger partial charge in [-0.1, -0.05) is 0 Å². The van der Waals surface area contributed by atoms with Gasteiger partial charge in [0.05, 0.1) is 0 Å². The number of carbonyl (C=O) groups excluding carboxylic acids is 1. The maximum atomic E-state index is 13.8. The molecule has 0 aliphatic carbocycles. The summed E-state index contributed by atoms with van der Waals surface area (Å²) in [4.78, 5) is 21.5. The largest absolute Gasteiger partial charge is 0.351 e. The van der Waals surface area contributed by atoms with Crippen molar-refractivity contribution >= 4 is 27.6 Å². The number of carbonyl (C=O) groups is 1. The monoisotopic (exact) mass is 376 g/mol. The van der Waals surface area contributed by atoms with Crippen LogP contribution < -0.4 is 10.2 Å². The first kappa shape index (κ1) is 18.5. The molecule has 5 nitrogen and oxygen atoms in total. The van der Waals surface area contributed by atoms with Crippen molar-refractivity contribution < 1.29 is 9.18 Å². The van der Waals surface area contributed by atoms with E-state index in [1.54, 1.807) is 17.2 Å². The van der Waals surface area contributed by atoms with Crippen LogP contribution in [-0.4, -0.2) is 60.9 Å². The summed E-state index contributed by atoms with van der Waals surface area (Å²) in [6.07, 6.45) is 8.31. The Hall–Kier alpha value is -2.28. The number of hydrogen-bond acceptors (Lipinski definition) is 3. The lowest BCUT2D eigenvalue weighted by atomic mass is 10.3. The van der Waals surface area contributed by atoms with Gasteiger partial charge in [0.25, 0.3) is 0 Å². The van der Waals surface area contributed by atoms with Crippen molar-refractivity contribution in [2.45, 2.75) is 4.90 Å². The van der Waals surface area contributed by atoms with Crippen molar-refractivity contribution in [1.29, 1.82) is 0 Å². The van der Waals surface area contributed by atoms with Gasteiger partial charge in [0, 0.05) is 38.1 Å². The van der Waals surface area contributed by atoms with E-state index < -0.39 is 10.0 Å². The first-order valence-electron chi connectivity index (χ1n) is 8.54. The van der Waals surface area contributed by atoms with Gasteiger partial charge in [-0.2, -0.15) is 0 Å². The molecule has 0 spiro atoms. The topological polar surface area (TPSA) is 48.5 Å². The second-order valence-corrected chi connectivity index (χ2v) is 11.2. The predicted molar refractivity (Wildman–Crippen MR) is 107 cm³/mol. The minimum Gasteiger partial charge on any atom is -0.351 e. The number of hydrogen-bond donors (Lipinski definition) is 1. The van der Waals surface area contributed by atoms with Gasteiger partial charge in [-0.25, -0.2) is 24.2 Å². The number of pyridine rings is 1. The van der Waals surface area contributed by atoms with Crippen LogP contribution in [0.2, 0.25) is 0 Å². The molecule has 3 rings (SSSR count). The number of anilines is 2. The van der Waals surface area contributed by atoms with Gasteiger partial charge in [-0.05, 0) is 60.1 Å². The lowest BCUT2D eigenvalue weighted by Gasteiger charge is -2.35. The third-order valence-electron chi connectivity index (χ3n) is 4.42. The average Bonchev–Trinajstić information content (AvgIpc) is 2.62. The minimum atomic E-state index is -0.770. The molecular formula is C19H25FN4OS. The fraction of sp³-hybridized carbons (Fsp3) is 0.368. The predicted octanol–water partition coefficient (Wildman–Crippen LogP) is 3.63. The molecule has 7 heteroatoms. The Labute approximate surface area is 155 Å². The second-order valence-electron chi connectivity index (χ2n) is 7.07. The lowest BCUT2D eigenvalue weighted by Crippen LogP contribution is -2.50. The molecule has 2 heterocycles. The highest BCUT2D eigenvalue weighted by atomic mass is 32.3. The first-order valence-corrected chi connectivity index (χ1v) is 11.4. The van der Waals surface area contributed by atoms with Crippen LogP contribution in [0.15, 0.2) is 47.5 Å². The molecule has 0 saturated carbocycles. The summed E-state index contributed by atoms with van der Waals surface area (Å²) in [5.41, 5.74) is 0.792. The highest BCUT2D eigenvalue weighted by Crippen LogP contribution is 2.45. The Morgan fingerprint density at radius 2 is 1.73 bits per heavy atom. The van der Waals surface area contributed by atoms with Gasteiger partial charge in [-0.15, -0.1) is 0 Å². The van der Waals surface area contributed by atoms with Crippen LogP contribution in [0.5, 0.6) is 0 Å². The summed E-state index contributed by atoms with van der Waals surface area (Å²) in [7, 11) is -0.770. The van der Waals surface area contributed by atoms with E-state index in [1.165, 1.54) is 11.0 Å². The van der Waals surface area contributed by atoms with Crippen molar-refractivity contribution in [2.75, 3.05) is 55.2 Å². The van der Waals surface area contributed by atoms with Gasteiger partial charge in [0.1, 0.15) is 0 Å². The van der Waals surface area contributed by atoms with E-state index in [0.29, 0.717) is 32.0 Å². The van der Waals surface area contributed by atoms with E-state index in [-0.39, 0.29) is 11.8 Å². The number of nitrogens with zero attached hydrogens (tertiary/aromatic N) is 3. The van der Waals surface area contributed by atoms with Crippen molar-refractivity contribution in [3.05, 3.63) is 48.4 Å². The molecule has 2 amide bonds. The van der Waals surface area contributed by atoms with Gasteiger partial charge in [0.15, 0.2) is 11.6 Å². The Balaban J connectivity index is 1.56. The summed E-state index contributed by atoms with van der Waals surface area (Å²) in [6, 6.07) is 10.9. The van der Waals surface area contributed by atoms with E-state index in [9.17, 15) is 9.18 Å². The molecule has 140 valence electrons. The van der Waals surface area contributed by atoms with Gasteiger partial charge in [-0.3, -0.25) is 0 Å². The third-order valence-corrected chi connectivity index (χ3v) is 6.10. The summed E-state index contributed by atoms with van der Waals surface area (Å²) in [5.74, 6) is 0.0271. The molecule has 1 aromatic carbocycles. The van der Waals surface area contributed by atoms with E-state index in [0.717, 1.165) is 5.69 Å². The molecule has 26 heavy (non-hydrogen) atoms. The fourth-order valence-corrected chi connectivity index (χ4v) is 3.83. The second kappa shape index (κ2) is 7.53. The summed E-state index contributed by atoms with van der Waals surface area (Å²) < 4.78 is 13.8.